The number of H-pyrrole nitrogens is 2. The Kier molecular flexibility index (Phi) is 1.78. The first-order valence-corrected chi connectivity index (χ1v) is 3.30. The van der Waals surface area contributed by atoms with Crippen molar-refractivity contribution in [2.24, 2.45) is 0 Å². The van der Waals surface area contributed by atoms with E-state index in [2.05, 4.69) is 9.97 Å². The lowest BCUT2D eigenvalue weighted by Crippen LogP contribution is -1.83. The zero-order chi connectivity index (χ0) is 6.85. The zero-order valence-corrected chi connectivity index (χ0v) is 6.53. The van der Waals surface area contributed by atoms with Gasteiger partial charge in [-0.15, -0.1) is 0 Å². The third-order valence-electron chi connectivity index (χ3n) is 1.00. The Morgan fingerprint density at radius 1 is 1.44 bits per heavy atom. The molecule has 0 aliphatic rings. The van der Waals surface area contributed by atoms with E-state index >= 15 is 0 Å². The second kappa shape index (κ2) is 2.41. The maximum atomic E-state index is 4.90. The van der Waals surface area contributed by atoms with Crippen LogP contribution in [0.5, 0.6) is 0 Å². The van der Waals surface area contributed by atoms with Crippen LogP contribution in [0.25, 0.3) is 0 Å². The van der Waals surface area contributed by atoms with Gasteiger partial charge in [0, 0.05) is 6.20 Å². The highest BCUT2D eigenvalue weighted by molar-refractivity contribution is 7.72. The SMILES string of the molecule is Cc1c[nH]c(=S)[nH]c1=S. The molecular weight excluding hydrogens is 152 g/mol. The summed E-state index contributed by atoms with van der Waals surface area (Å²) in [5.74, 6) is 0. The Hall–Kier alpha value is -0.480. The van der Waals surface area contributed by atoms with E-state index in [1.165, 1.54) is 0 Å². The maximum Gasteiger partial charge on any atom is 0.175 e. The number of hydrogen-bond donors (Lipinski definition) is 2. The first-order chi connectivity index (χ1) is 4.20. The fraction of sp³-hybridized carbons (Fsp3) is 0.200. The van der Waals surface area contributed by atoms with Gasteiger partial charge >= 0.3 is 0 Å². The molecular formula is C5H6N2S2. The van der Waals surface area contributed by atoms with Crippen LogP contribution in [0.1, 0.15) is 5.56 Å². The Bertz CT molecular complexity index is 309. The van der Waals surface area contributed by atoms with E-state index < -0.39 is 0 Å². The highest BCUT2D eigenvalue weighted by Gasteiger charge is 1.83. The molecule has 0 aliphatic heterocycles. The monoisotopic (exact) mass is 158 g/mol. The second-order valence-electron chi connectivity index (χ2n) is 1.75. The van der Waals surface area contributed by atoms with Crippen LogP contribution < -0.4 is 0 Å². The molecule has 1 aromatic rings. The molecule has 1 rings (SSSR count). The van der Waals surface area contributed by atoms with Gasteiger partial charge in [0.1, 0.15) is 4.64 Å². The minimum absolute atomic E-state index is 0.575. The summed E-state index contributed by atoms with van der Waals surface area (Å²) in [5.41, 5.74) is 1.01. The van der Waals surface area contributed by atoms with Crippen LogP contribution in [-0.4, -0.2) is 9.97 Å². The molecule has 9 heavy (non-hydrogen) atoms. The van der Waals surface area contributed by atoms with E-state index in [9.17, 15) is 0 Å². The number of rotatable bonds is 0. The third kappa shape index (κ3) is 1.46. The summed E-state index contributed by atoms with van der Waals surface area (Å²) >= 11 is 9.68. The number of aryl methyl sites for hydroxylation is 1. The van der Waals surface area contributed by atoms with Crippen LogP contribution in [0.4, 0.5) is 0 Å². The Morgan fingerprint density at radius 3 is 2.56 bits per heavy atom. The molecule has 0 saturated heterocycles. The topological polar surface area (TPSA) is 31.6 Å². The summed E-state index contributed by atoms with van der Waals surface area (Å²) in [5, 5.41) is 0. The molecule has 2 N–H and O–H groups in total. The van der Waals surface area contributed by atoms with Crippen molar-refractivity contribution in [2.75, 3.05) is 0 Å². The Morgan fingerprint density at radius 2 is 2.11 bits per heavy atom. The van der Waals surface area contributed by atoms with Gasteiger partial charge in [0.15, 0.2) is 4.77 Å². The smallest absolute Gasteiger partial charge is 0.175 e. The molecule has 4 heteroatoms. The summed E-state index contributed by atoms with van der Waals surface area (Å²) in [6.07, 6.45) is 1.79. The number of nitrogens with one attached hydrogen (secondary N) is 2. The molecule has 0 saturated carbocycles. The molecule has 48 valence electrons. The van der Waals surface area contributed by atoms with Crippen LogP contribution in [0, 0.1) is 16.3 Å². The van der Waals surface area contributed by atoms with Gasteiger partial charge in [-0.05, 0) is 24.7 Å². The Balaban J connectivity index is 3.52. The van der Waals surface area contributed by atoms with Crippen molar-refractivity contribution >= 4 is 24.4 Å². The van der Waals surface area contributed by atoms with Crippen molar-refractivity contribution in [2.45, 2.75) is 6.92 Å². The first kappa shape index (κ1) is 6.64. The van der Waals surface area contributed by atoms with Crippen molar-refractivity contribution in [3.63, 3.8) is 0 Å². The van der Waals surface area contributed by atoms with Gasteiger partial charge in [-0.1, -0.05) is 12.2 Å². The van der Waals surface area contributed by atoms with E-state index in [-0.39, 0.29) is 0 Å². The van der Waals surface area contributed by atoms with Crippen LogP contribution in [0.2, 0.25) is 0 Å². The second-order valence-corrected chi connectivity index (χ2v) is 2.57. The number of aromatic amines is 2. The summed E-state index contributed by atoms with van der Waals surface area (Å²) in [4.78, 5) is 5.65. The predicted octanol–water partition coefficient (Wildman–Crippen LogP) is 2.11. The van der Waals surface area contributed by atoms with E-state index in [0.717, 1.165) is 5.56 Å². The fourth-order valence-corrected chi connectivity index (χ4v) is 0.864. The third-order valence-corrected chi connectivity index (χ3v) is 1.65. The van der Waals surface area contributed by atoms with E-state index in [1.807, 2.05) is 6.92 Å². The van der Waals surface area contributed by atoms with Gasteiger partial charge in [0.05, 0.1) is 0 Å². The van der Waals surface area contributed by atoms with Crippen molar-refractivity contribution in [1.29, 1.82) is 0 Å². The van der Waals surface area contributed by atoms with Gasteiger partial charge < -0.3 is 9.97 Å². The molecule has 2 nitrogen and oxygen atoms in total. The van der Waals surface area contributed by atoms with E-state index in [0.29, 0.717) is 9.41 Å². The van der Waals surface area contributed by atoms with Gasteiger partial charge in [-0.2, -0.15) is 0 Å². The quantitative estimate of drug-likeness (QED) is 0.567. The average Bonchev–Trinajstić information content (AvgIpc) is 1.80. The lowest BCUT2D eigenvalue weighted by Gasteiger charge is -1.89. The van der Waals surface area contributed by atoms with Crippen LogP contribution in [-0.2, 0) is 0 Å². The number of hydrogen-bond acceptors (Lipinski definition) is 2. The molecule has 0 atom stereocenters. The molecule has 1 heterocycles. The summed E-state index contributed by atoms with van der Waals surface area (Å²) < 4.78 is 1.28. The maximum absolute atomic E-state index is 4.90. The fourth-order valence-electron chi connectivity index (χ4n) is 0.477. The lowest BCUT2D eigenvalue weighted by atomic mass is 10.4. The summed E-state index contributed by atoms with van der Waals surface area (Å²) in [6.45, 7) is 1.92. The molecule has 0 radical (unpaired) electrons. The van der Waals surface area contributed by atoms with Crippen molar-refractivity contribution in [3.05, 3.63) is 21.2 Å². The molecule has 0 aromatic carbocycles. The molecule has 0 spiro atoms. The van der Waals surface area contributed by atoms with Crippen LogP contribution in [0.3, 0.4) is 0 Å². The minimum atomic E-state index is 0.575. The van der Waals surface area contributed by atoms with E-state index in [1.54, 1.807) is 6.20 Å². The molecule has 0 unspecified atom stereocenters. The Labute approximate surface area is 63.0 Å². The highest BCUT2D eigenvalue weighted by atomic mass is 32.1. The molecule has 0 amide bonds. The highest BCUT2D eigenvalue weighted by Crippen LogP contribution is 1.92. The van der Waals surface area contributed by atoms with E-state index in [4.69, 9.17) is 24.4 Å². The van der Waals surface area contributed by atoms with Crippen LogP contribution >= 0.6 is 24.4 Å². The van der Waals surface area contributed by atoms with Gasteiger partial charge in [-0.25, -0.2) is 0 Å². The molecule has 0 fully saturated rings. The minimum Gasteiger partial charge on any atom is -0.339 e. The normalized spacial score (nSPS) is 9.44. The van der Waals surface area contributed by atoms with Crippen LogP contribution in [0.15, 0.2) is 6.20 Å². The lowest BCUT2D eigenvalue weighted by molar-refractivity contribution is 1.08. The van der Waals surface area contributed by atoms with Gasteiger partial charge in [-0.3, -0.25) is 0 Å². The van der Waals surface area contributed by atoms with Gasteiger partial charge in [0.25, 0.3) is 0 Å². The average molecular weight is 158 g/mol. The van der Waals surface area contributed by atoms with Crippen molar-refractivity contribution in [1.82, 2.24) is 9.97 Å². The molecule has 0 aliphatic carbocycles. The summed E-state index contributed by atoms with van der Waals surface area (Å²) in [7, 11) is 0. The van der Waals surface area contributed by atoms with Crippen molar-refractivity contribution < 1.29 is 0 Å². The van der Waals surface area contributed by atoms with Gasteiger partial charge in [0.2, 0.25) is 0 Å². The zero-order valence-electron chi connectivity index (χ0n) is 4.89. The standard InChI is InChI=1S/C5H6N2S2/c1-3-2-6-5(9)7-4(3)8/h2H,1H3,(H2,6,7,8,9). The molecule has 1 aromatic heterocycles. The molecule has 0 bridgehead atoms. The van der Waals surface area contributed by atoms with Crippen molar-refractivity contribution in [3.8, 4) is 0 Å². The number of aromatic nitrogens is 2. The predicted molar refractivity (Wildman–Crippen MR) is 41.5 cm³/mol. The first-order valence-electron chi connectivity index (χ1n) is 2.49. The summed E-state index contributed by atoms with van der Waals surface area (Å²) in [6, 6.07) is 0. The largest absolute Gasteiger partial charge is 0.339 e.